The third kappa shape index (κ3) is 4.40. The van der Waals surface area contributed by atoms with Crippen molar-refractivity contribution in [2.75, 3.05) is 11.9 Å². The number of anilines is 1. The molecule has 0 spiro atoms. The molecule has 0 aromatic heterocycles. The van der Waals surface area contributed by atoms with Gasteiger partial charge in [0.2, 0.25) is 5.91 Å². The molecule has 0 aliphatic heterocycles. The minimum atomic E-state index is -0.427. The van der Waals surface area contributed by atoms with Gasteiger partial charge in [-0.25, -0.2) is 4.39 Å². The van der Waals surface area contributed by atoms with Gasteiger partial charge in [-0.1, -0.05) is 0 Å². The molecule has 0 saturated carbocycles. The SMILES string of the molecule is CC(C)Oc1ccc(F)cc1NC(=O)CCN. The van der Waals surface area contributed by atoms with Crippen LogP contribution < -0.4 is 15.8 Å². The maximum Gasteiger partial charge on any atom is 0.225 e. The molecule has 0 heterocycles. The maximum atomic E-state index is 13.1. The Morgan fingerprint density at radius 3 is 2.82 bits per heavy atom. The van der Waals surface area contributed by atoms with Gasteiger partial charge in [0.1, 0.15) is 11.6 Å². The van der Waals surface area contributed by atoms with Crippen molar-refractivity contribution in [3.8, 4) is 5.75 Å². The molecule has 0 saturated heterocycles. The van der Waals surface area contributed by atoms with Crippen LogP contribution in [0.4, 0.5) is 10.1 Å². The van der Waals surface area contributed by atoms with Crippen molar-refractivity contribution in [3.63, 3.8) is 0 Å². The number of hydrogen-bond donors (Lipinski definition) is 2. The van der Waals surface area contributed by atoms with Crippen molar-refractivity contribution in [2.45, 2.75) is 26.4 Å². The minimum Gasteiger partial charge on any atom is -0.489 e. The molecular formula is C12H17FN2O2. The largest absolute Gasteiger partial charge is 0.489 e. The number of carbonyl (C=O) groups is 1. The number of carbonyl (C=O) groups excluding carboxylic acids is 1. The van der Waals surface area contributed by atoms with Gasteiger partial charge in [0.05, 0.1) is 11.8 Å². The highest BCUT2D eigenvalue weighted by Gasteiger charge is 2.10. The third-order valence-electron chi connectivity index (χ3n) is 1.95. The number of nitrogens with two attached hydrogens (primary N) is 1. The van der Waals surface area contributed by atoms with Crippen LogP contribution in [0.3, 0.4) is 0 Å². The van der Waals surface area contributed by atoms with Crippen LogP contribution in [0.25, 0.3) is 0 Å². The molecule has 4 nitrogen and oxygen atoms in total. The van der Waals surface area contributed by atoms with Crippen LogP contribution in [0.5, 0.6) is 5.75 Å². The standard InChI is InChI=1S/C12H17FN2O2/c1-8(2)17-11-4-3-9(13)7-10(11)15-12(16)5-6-14/h3-4,7-8H,5-6,14H2,1-2H3,(H,15,16). The molecule has 0 fully saturated rings. The Labute approximate surface area is 100.0 Å². The fourth-order valence-corrected chi connectivity index (χ4v) is 1.30. The molecule has 1 rings (SSSR count). The van der Waals surface area contributed by atoms with Gasteiger partial charge in [-0.15, -0.1) is 0 Å². The van der Waals surface area contributed by atoms with Gasteiger partial charge in [-0.05, 0) is 26.0 Å². The molecule has 0 unspecified atom stereocenters. The topological polar surface area (TPSA) is 64.3 Å². The normalized spacial score (nSPS) is 10.4. The Morgan fingerprint density at radius 1 is 1.53 bits per heavy atom. The Hall–Kier alpha value is -1.62. The van der Waals surface area contributed by atoms with Crippen LogP contribution in [0.2, 0.25) is 0 Å². The van der Waals surface area contributed by atoms with Gasteiger partial charge in [0, 0.05) is 19.0 Å². The average molecular weight is 240 g/mol. The summed E-state index contributed by atoms with van der Waals surface area (Å²) in [6, 6.07) is 4.01. The fourth-order valence-electron chi connectivity index (χ4n) is 1.30. The second-order valence-corrected chi connectivity index (χ2v) is 3.89. The summed E-state index contributed by atoms with van der Waals surface area (Å²) >= 11 is 0. The van der Waals surface area contributed by atoms with Crippen LogP contribution in [-0.2, 0) is 4.79 Å². The first-order valence-corrected chi connectivity index (χ1v) is 5.49. The summed E-state index contributed by atoms with van der Waals surface area (Å²) < 4.78 is 18.6. The van der Waals surface area contributed by atoms with E-state index in [0.717, 1.165) is 0 Å². The van der Waals surface area contributed by atoms with Crippen molar-refractivity contribution in [1.82, 2.24) is 0 Å². The molecule has 1 amide bonds. The van der Waals surface area contributed by atoms with E-state index >= 15 is 0 Å². The first kappa shape index (κ1) is 13.4. The van der Waals surface area contributed by atoms with Crippen LogP contribution in [0.15, 0.2) is 18.2 Å². The summed E-state index contributed by atoms with van der Waals surface area (Å²) in [5.41, 5.74) is 5.60. The van der Waals surface area contributed by atoms with Gasteiger partial charge in [0.25, 0.3) is 0 Å². The van der Waals surface area contributed by atoms with E-state index in [1.807, 2.05) is 13.8 Å². The molecule has 1 aromatic carbocycles. The van der Waals surface area contributed by atoms with Gasteiger partial charge in [-0.2, -0.15) is 0 Å². The summed E-state index contributed by atoms with van der Waals surface area (Å²) in [4.78, 5) is 11.4. The highest BCUT2D eigenvalue weighted by Crippen LogP contribution is 2.26. The Morgan fingerprint density at radius 2 is 2.24 bits per heavy atom. The number of ether oxygens (including phenoxy) is 1. The molecule has 0 bridgehead atoms. The second-order valence-electron chi connectivity index (χ2n) is 3.89. The van der Waals surface area contributed by atoms with Crippen LogP contribution in [-0.4, -0.2) is 18.6 Å². The second kappa shape index (κ2) is 6.20. The predicted molar refractivity (Wildman–Crippen MR) is 64.5 cm³/mol. The van der Waals surface area contributed by atoms with E-state index in [4.69, 9.17) is 10.5 Å². The number of amides is 1. The van der Waals surface area contributed by atoms with Crippen molar-refractivity contribution < 1.29 is 13.9 Å². The van der Waals surface area contributed by atoms with E-state index in [-0.39, 0.29) is 25.0 Å². The predicted octanol–water partition coefficient (Wildman–Crippen LogP) is 1.90. The van der Waals surface area contributed by atoms with E-state index in [1.165, 1.54) is 18.2 Å². The summed E-state index contributed by atoms with van der Waals surface area (Å²) in [5.74, 6) is -0.234. The van der Waals surface area contributed by atoms with E-state index in [2.05, 4.69) is 5.32 Å². The van der Waals surface area contributed by atoms with E-state index in [1.54, 1.807) is 0 Å². The summed E-state index contributed by atoms with van der Waals surface area (Å²) in [5, 5.41) is 2.57. The molecule has 94 valence electrons. The van der Waals surface area contributed by atoms with Crippen LogP contribution >= 0.6 is 0 Å². The third-order valence-corrected chi connectivity index (χ3v) is 1.95. The Balaban J connectivity index is 2.86. The molecule has 3 N–H and O–H groups in total. The smallest absolute Gasteiger partial charge is 0.225 e. The first-order chi connectivity index (χ1) is 8.02. The summed E-state index contributed by atoms with van der Waals surface area (Å²) in [6.07, 6.45) is 0.142. The molecule has 0 radical (unpaired) electrons. The molecule has 1 aromatic rings. The lowest BCUT2D eigenvalue weighted by atomic mass is 10.2. The highest BCUT2D eigenvalue weighted by molar-refractivity contribution is 5.92. The molecule has 17 heavy (non-hydrogen) atoms. The molecule has 0 aliphatic carbocycles. The molecular weight excluding hydrogens is 223 g/mol. The van der Waals surface area contributed by atoms with Gasteiger partial charge in [-0.3, -0.25) is 4.79 Å². The number of nitrogens with one attached hydrogen (secondary N) is 1. The van der Waals surface area contributed by atoms with Crippen LogP contribution in [0.1, 0.15) is 20.3 Å². The number of benzene rings is 1. The molecule has 5 heteroatoms. The van der Waals surface area contributed by atoms with Crippen LogP contribution in [0, 0.1) is 5.82 Å². The Bertz CT molecular complexity index is 394. The van der Waals surface area contributed by atoms with Crippen molar-refractivity contribution in [3.05, 3.63) is 24.0 Å². The van der Waals surface area contributed by atoms with Crippen molar-refractivity contribution >= 4 is 11.6 Å². The monoisotopic (exact) mass is 240 g/mol. The Kier molecular flexibility index (Phi) is 4.90. The summed E-state index contributed by atoms with van der Waals surface area (Å²) in [7, 11) is 0. The van der Waals surface area contributed by atoms with Gasteiger partial charge < -0.3 is 15.8 Å². The lowest BCUT2D eigenvalue weighted by Gasteiger charge is -2.14. The molecule has 0 aliphatic rings. The van der Waals surface area contributed by atoms with Crippen molar-refractivity contribution in [1.29, 1.82) is 0 Å². The zero-order valence-electron chi connectivity index (χ0n) is 10.00. The number of halogens is 1. The molecule has 0 atom stereocenters. The quantitative estimate of drug-likeness (QED) is 0.826. The van der Waals surface area contributed by atoms with E-state index in [9.17, 15) is 9.18 Å². The first-order valence-electron chi connectivity index (χ1n) is 5.49. The fraction of sp³-hybridized carbons (Fsp3) is 0.417. The lowest BCUT2D eigenvalue weighted by Crippen LogP contribution is -2.17. The number of rotatable bonds is 5. The van der Waals surface area contributed by atoms with E-state index in [0.29, 0.717) is 11.4 Å². The van der Waals surface area contributed by atoms with Crippen molar-refractivity contribution in [2.24, 2.45) is 5.73 Å². The van der Waals surface area contributed by atoms with Gasteiger partial charge in [0.15, 0.2) is 0 Å². The lowest BCUT2D eigenvalue weighted by molar-refractivity contribution is -0.116. The summed E-state index contributed by atoms with van der Waals surface area (Å²) in [6.45, 7) is 3.96. The zero-order valence-corrected chi connectivity index (χ0v) is 10.00. The maximum absolute atomic E-state index is 13.1. The highest BCUT2D eigenvalue weighted by atomic mass is 19.1. The number of hydrogen-bond acceptors (Lipinski definition) is 3. The van der Waals surface area contributed by atoms with E-state index < -0.39 is 5.82 Å². The van der Waals surface area contributed by atoms with Gasteiger partial charge >= 0.3 is 0 Å². The minimum absolute atomic E-state index is 0.0504. The average Bonchev–Trinajstić information content (AvgIpc) is 2.22. The zero-order chi connectivity index (χ0) is 12.8.